The SMILES string of the molecule is O=C(C[C@@H](c1ccccc1)[C@@H]1CCCCC1=O)c1ccc(Br)cc1. The first-order valence-electron chi connectivity index (χ1n) is 8.51. The zero-order valence-corrected chi connectivity index (χ0v) is 15.2. The zero-order valence-electron chi connectivity index (χ0n) is 13.6. The van der Waals surface area contributed by atoms with Crippen molar-refractivity contribution in [2.45, 2.75) is 38.0 Å². The molecule has 0 unspecified atom stereocenters. The zero-order chi connectivity index (χ0) is 16.9. The molecule has 1 aliphatic rings. The molecular weight excluding hydrogens is 364 g/mol. The molecule has 24 heavy (non-hydrogen) atoms. The van der Waals surface area contributed by atoms with Crippen molar-refractivity contribution in [1.29, 1.82) is 0 Å². The molecule has 3 heteroatoms. The Morgan fingerprint density at radius 3 is 2.42 bits per heavy atom. The molecule has 0 radical (unpaired) electrons. The Bertz CT molecular complexity index is 706. The normalized spacial score (nSPS) is 19.0. The number of Topliss-reactive ketones (excluding diaryl/α,β-unsaturated/α-hetero) is 2. The molecule has 0 saturated heterocycles. The van der Waals surface area contributed by atoms with E-state index in [2.05, 4.69) is 15.9 Å². The molecule has 0 amide bonds. The predicted octanol–water partition coefficient (Wildman–Crippen LogP) is 5.57. The second-order valence-corrected chi connectivity index (χ2v) is 7.39. The lowest BCUT2D eigenvalue weighted by atomic mass is 9.73. The molecule has 2 atom stereocenters. The molecule has 0 aliphatic heterocycles. The first-order chi connectivity index (χ1) is 11.6. The van der Waals surface area contributed by atoms with Crippen molar-refractivity contribution in [2.24, 2.45) is 5.92 Å². The van der Waals surface area contributed by atoms with Crippen LogP contribution >= 0.6 is 15.9 Å². The molecule has 0 aromatic heterocycles. The molecule has 2 aromatic rings. The number of carbonyl (C=O) groups excluding carboxylic acids is 2. The summed E-state index contributed by atoms with van der Waals surface area (Å²) in [4.78, 5) is 25.2. The van der Waals surface area contributed by atoms with Crippen LogP contribution in [0, 0.1) is 5.92 Å². The van der Waals surface area contributed by atoms with E-state index in [4.69, 9.17) is 0 Å². The maximum atomic E-state index is 12.8. The van der Waals surface area contributed by atoms with Crippen LogP contribution in [-0.4, -0.2) is 11.6 Å². The average Bonchev–Trinajstić information content (AvgIpc) is 2.61. The third-order valence-corrected chi connectivity index (χ3v) is 5.42. The number of halogens is 1. The highest BCUT2D eigenvalue weighted by Gasteiger charge is 2.32. The molecule has 1 fully saturated rings. The lowest BCUT2D eigenvalue weighted by Gasteiger charge is -2.29. The molecule has 0 heterocycles. The van der Waals surface area contributed by atoms with Crippen molar-refractivity contribution < 1.29 is 9.59 Å². The number of rotatable bonds is 5. The summed E-state index contributed by atoms with van der Waals surface area (Å²) in [6, 6.07) is 17.5. The van der Waals surface area contributed by atoms with Crippen molar-refractivity contribution in [3.05, 3.63) is 70.2 Å². The van der Waals surface area contributed by atoms with Crippen LogP contribution in [0.1, 0.15) is 53.9 Å². The summed E-state index contributed by atoms with van der Waals surface area (Å²) >= 11 is 3.40. The fourth-order valence-corrected chi connectivity index (χ4v) is 3.85. The monoisotopic (exact) mass is 384 g/mol. The average molecular weight is 385 g/mol. The van der Waals surface area contributed by atoms with Crippen molar-refractivity contribution in [1.82, 2.24) is 0 Å². The van der Waals surface area contributed by atoms with E-state index in [1.807, 2.05) is 54.6 Å². The van der Waals surface area contributed by atoms with Gasteiger partial charge in [-0.05, 0) is 30.5 Å². The summed E-state index contributed by atoms with van der Waals surface area (Å²) in [5.41, 5.74) is 1.81. The van der Waals surface area contributed by atoms with E-state index in [0.29, 0.717) is 24.2 Å². The van der Waals surface area contributed by atoms with Gasteiger partial charge in [0.25, 0.3) is 0 Å². The quantitative estimate of drug-likeness (QED) is 0.631. The van der Waals surface area contributed by atoms with E-state index >= 15 is 0 Å². The number of carbonyl (C=O) groups is 2. The van der Waals surface area contributed by atoms with E-state index < -0.39 is 0 Å². The van der Waals surface area contributed by atoms with E-state index in [1.165, 1.54) is 0 Å². The standard InChI is InChI=1S/C21H21BrO2/c22-17-12-10-16(11-13-17)21(24)14-19(15-6-2-1-3-7-15)18-8-4-5-9-20(18)23/h1-3,6-7,10-13,18-19H,4-5,8-9,14H2/t18-,19-/m0/s1. The maximum Gasteiger partial charge on any atom is 0.163 e. The van der Waals surface area contributed by atoms with Crippen molar-refractivity contribution in [3.8, 4) is 0 Å². The Balaban J connectivity index is 1.85. The number of benzene rings is 2. The summed E-state index contributed by atoms with van der Waals surface area (Å²) < 4.78 is 0.959. The van der Waals surface area contributed by atoms with Crippen LogP contribution in [-0.2, 0) is 4.79 Å². The Hall–Kier alpha value is -1.74. The summed E-state index contributed by atoms with van der Waals surface area (Å²) in [7, 11) is 0. The van der Waals surface area contributed by atoms with Crippen LogP contribution < -0.4 is 0 Å². The highest BCUT2D eigenvalue weighted by molar-refractivity contribution is 9.10. The van der Waals surface area contributed by atoms with Gasteiger partial charge < -0.3 is 0 Å². The van der Waals surface area contributed by atoms with Crippen LogP contribution in [0.5, 0.6) is 0 Å². The van der Waals surface area contributed by atoms with Gasteiger partial charge in [0.15, 0.2) is 5.78 Å². The predicted molar refractivity (Wildman–Crippen MR) is 99.2 cm³/mol. The Morgan fingerprint density at radius 2 is 1.75 bits per heavy atom. The fraction of sp³-hybridized carbons (Fsp3) is 0.333. The van der Waals surface area contributed by atoms with Gasteiger partial charge in [-0.3, -0.25) is 9.59 Å². The second kappa shape index (κ2) is 7.89. The second-order valence-electron chi connectivity index (χ2n) is 6.47. The van der Waals surface area contributed by atoms with Crippen LogP contribution in [0.4, 0.5) is 0 Å². The van der Waals surface area contributed by atoms with Gasteiger partial charge in [-0.25, -0.2) is 0 Å². The smallest absolute Gasteiger partial charge is 0.163 e. The lowest BCUT2D eigenvalue weighted by Crippen LogP contribution is -2.27. The third-order valence-electron chi connectivity index (χ3n) is 4.89. The minimum atomic E-state index is -0.0273. The molecule has 0 bridgehead atoms. The van der Waals surface area contributed by atoms with Crippen LogP contribution in [0.3, 0.4) is 0 Å². The Morgan fingerprint density at radius 1 is 1.04 bits per heavy atom. The summed E-state index contributed by atoms with van der Waals surface area (Å²) in [5.74, 6) is 0.379. The first kappa shape index (κ1) is 17.1. The molecule has 2 aromatic carbocycles. The highest BCUT2D eigenvalue weighted by atomic mass is 79.9. The molecular formula is C21H21BrO2. The van der Waals surface area contributed by atoms with E-state index in [1.54, 1.807) is 0 Å². The van der Waals surface area contributed by atoms with Gasteiger partial charge in [-0.1, -0.05) is 64.8 Å². The van der Waals surface area contributed by atoms with Crippen molar-refractivity contribution >= 4 is 27.5 Å². The van der Waals surface area contributed by atoms with Gasteiger partial charge in [0, 0.05) is 34.7 Å². The molecule has 0 N–H and O–H groups in total. The number of hydrogen-bond donors (Lipinski definition) is 0. The maximum absolute atomic E-state index is 12.8. The van der Waals surface area contributed by atoms with Crippen molar-refractivity contribution in [3.63, 3.8) is 0 Å². The first-order valence-corrected chi connectivity index (χ1v) is 9.31. The number of hydrogen-bond acceptors (Lipinski definition) is 2. The van der Waals surface area contributed by atoms with Gasteiger partial charge in [-0.15, -0.1) is 0 Å². The van der Waals surface area contributed by atoms with Gasteiger partial charge in [0.1, 0.15) is 5.78 Å². The minimum Gasteiger partial charge on any atom is -0.299 e. The van der Waals surface area contributed by atoms with E-state index in [9.17, 15) is 9.59 Å². The summed E-state index contributed by atoms with van der Waals surface area (Å²) in [6.45, 7) is 0. The van der Waals surface area contributed by atoms with Gasteiger partial charge >= 0.3 is 0 Å². The molecule has 1 saturated carbocycles. The molecule has 1 aliphatic carbocycles. The van der Waals surface area contributed by atoms with Crippen molar-refractivity contribution in [2.75, 3.05) is 0 Å². The van der Waals surface area contributed by atoms with Crippen LogP contribution in [0.15, 0.2) is 59.1 Å². The molecule has 3 rings (SSSR count). The van der Waals surface area contributed by atoms with Gasteiger partial charge in [0.2, 0.25) is 0 Å². The highest BCUT2D eigenvalue weighted by Crippen LogP contribution is 2.37. The van der Waals surface area contributed by atoms with E-state index in [-0.39, 0.29) is 17.6 Å². The third kappa shape index (κ3) is 4.02. The summed E-state index contributed by atoms with van der Waals surface area (Å²) in [5, 5.41) is 0. The Kier molecular flexibility index (Phi) is 5.62. The Labute approximate surface area is 151 Å². The molecule has 124 valence electrons. The fourth-order valence-electron chi connectivity index (χ4n) is 3.58. The minimum absolute atomic E-state index is 0.0184. The van der Waals surface area contributed by atoms with Gasteiger partial charge in [-0.2, -0.15) is 0 Å². The van der Waals surface area contributed by atoms with E-state index in [0.717, 1.165) is 29.3 Å². The van der Waals surface area contributed by atoms with Crippen LogP contribution in [0.25, 0.3) is 0 Å². The molecule has 2 nitrogen and oxygen atoms in total. The topological polar surface area (TPSA) is 34.1 Å². The van der Waals surface area contributed by atoms with Gasteiger partial charge in [0.05, 0.1) is 0 Å². The number of ketones is 2. The summed E-state index contributed by atoms with van der Waals surface area (Å²) in [6.07, 6.45) is 4.00. The lowest BCUT2D eigenvalue weighted by molar-refractivity contribution is -0.125. The largest absolute Gasteiger partial charge is 0.299 e. The van der Waals surface area contributed by atoms with Crippen LogP contribution in [0.2, 0.25) is 0 Å². The molecule has 0 spiro atoms.